The summed E-state index contributed by atoms with van der Waals surface area (Å²) in [5, 5.41) is 6.95. The fraction of sp³-hybridized carbons (Fsp3) is 0.294. The van der Waals surface area contributed by atoms with Crippen molar-refractivity contribution in [3.05, 3.63) is 52.1 Å². The number of aromatic nitrogens is 1. The molecule has 122 valence electrons. The zero-order valence-electron chi connectivity index (χ0n) is 12.9. The van der Waals surface area contributed by atoms with E-state index >= 15 is 0 Å². The first-order chi connectivity index (χ1) is 11.1. The van der Waals surface area contributed by atoms with Gasteiger partial charge in [-0.15, -0.1) is 0 Å². The second-order valence-electron chi connectivity index (χ2n) is 5.18. The zero-order chi connectivity index (χ0) is 16.7. The van der Waals surface area contributed by atoms with Crippen LogP contribution in [0, 0.1) is 0 Å². The molecule has 1 aromatic heterocycles. The number of anilines is 2. The molecule has 0 saturated carbocycles. The zero-order valence-corrected chi connectivity index (χ0v) is 14.4. The first-order valence-corrected chi connectivity index (χ1v) is 8.31. The van der Waals surface area contributed by atoms with Crippen LogP contribution in [0.3, 0.4) is 0 Å². The van der Waals surface area contributed by atoms with Crippen LogP contribution in [0.25, 0.3) is 0 Å². The molecule has 0 aliphatic heterocycles. The number of amides is 1. The lowest BCUT2D eigenvalue weighted by molar-refractivity contribution is 0.102. The summed E-state index contributed by atoms with van der Waals surface area (Å²) in [6.45, 7) is 3.00. The maximum absolute atomic E-state index is 12.3. The molecule has 0 bridgehead atoms. The summed E-state index contributed by atoms with van der Waals surface area (Å²) in [6, 6.07) is 8.31. The molecule has 23 heavy (non-hydrogen) atoms. The molecule has 0 radical (unpaired) electrons. The Morgan fingerprint density at radius 3 is 2.57 bits per heavy atom. The van der Waals surface area contributed by atoms with Crippen molar-refractivity contribution in [1.29, 1.82) is 0 Å². The minimum absolute atomic E-state index is 0.234. The average molecular weight is 352 g/mol. The van der Waals surface area contributed by atoms with Gasteiger partial charge in [-0.3, -0.25) is 4.79 Å². The Kier molecular flexibility index (Phi) is 6.68. The number of hydrogen-bond acceptors (Lipinski definition) is 3. The molecule has 0 atom stereocenters. The van der Waals surface area contributed by atoms with E-state index in [1.807, 2.05) is 0 Å². The van der Waals surface area contributed by atoms with Crippen molar-refractivity contribution >= 4 is 40.6 Å². The van der Waals surface area contributed by atoms with Crippen molar-refractivity contribution in [2.24, 2.45) is 0 Å². The lowest BCUT2D eigenvalue weighted by atomic mass is 10.2. The average Bonchev–Trinajstić information content (AvgIpc) is 2.51. The lowest BCUT2D eigenvalue weighted by Gasteiger charge is -2.09. The number of rotatable bonds is 7. The van der Waals surface area contributed by atoms with E-state index in [0.717, 1.165) is 13.0 Å². The quantitative estimate of drug-likeness (QED) is 0.670. The molecule has 0 spiro atoms. The maximum atomic E-state index is 12.3. The van der Waals surface area contributed by atoms with Crippen molar-refractivity contribution < 1.29 is 4.79 Å². The summed E-state index contributed by atoms with van der Waals surface area (Å²) in [5.41, 5.74) is 1.08. The van der Waals surface area contributed by atoms with E-state index in [9.17, 15) is 4.79 Å². The molecule has 1 heterocycles. The first kappa shape index (κ1) is 17.6. The second kappa shape index (κ2) is 8.75. The molecule has 0 aliphatic rings. The van der Waals surface area contributed by atoms with Crippen LogP contribution in [0.15, 0.2) is 36.5 Å². The van der Waals surface area contributed by atoms with Crippen LogP contribution in [-0.2, 0) is 0 Å². The van der Waals surface area contributed by atoms with Gasteiger partial charge in [0.05, 0.1) is 0 Å². The largest absolute Gasteiger partial charge is 0.370 e. The molecule has 0 aliphatic carbocycles. The molecule has 4 nitrogen and oxygen atoms in total. The Morgan fingerprint density at radius 2 is 1.87 bits per heavy atom. The standard InChI is InChI=1S/C17H19Cl2N3O/c1-2-3-4-6-20-16-8-12(5-7-21-16)17(23)22-15-10-13(18)9-14(19)11-15/h5,7-11H,2-4,6H2,1H3,(H,20,21)(H,22,23). The van der Waals surface area contributed by atoms with Crippen LogP contribution in [0.5, 0.6) is 0 Å². The molecule has 2 aromatic rings. The minimum Gasteiger partial charge on any atom is -0.370 e. The molecular formula is C17H19Cl2N3O. The number of halogens is 2. The SMILES string of the molecule is CCCCCNc1cc(C(=O)Nc2cc(Cl)cc(Cl)c2)ccn1. The van der Waals surface area contributed by atoms with E-state index in [1.54, 1.807) is 36.5 Å². The summed E-state index contributed by atoms with van der Waals surface area (Å²) in [6.07, 6.45) is 5.03. The van der Waals surface area contributed by atoms with Gasteiger partial charge in [-0.1, -0.05) is 43.0 Å². The van der Waals surface area contributed by atoms with Gasteiger partial charge in [0.15, 0.2) is 0 Å². The van der Waals surface area contributed by atoms with Crippen LogP contribution in [-0.4, -0.2) is 17.4 Å². The van der Waals surface area contributed by atoms with Gasteiger partial charge in [-0.05, 0) is 36.8 Å². The Balaban J connectivity index is 2.01. The summed E-state index contributed by atoms with van der Waals surface area (Å²) >= 11 is 11.9. The maximum Gasteiger partial charge on any atom is 0.255 e. The molecule has 1 aromatic carbocycles. The van der Waals surface area contributed by atoms with E-state index in [1.165, 1.54) is 12.8 Å². The van der Waals surface area contributed by atoms with Gasteiger partial charge in [0, 0.05) is 34.0 Å². The van der Waals surface area contributed by atoms with Crippen molar-refractivity contribution in [1.82, 2.24) is 4.98 Å². The molecule has 0 saturated heterocycles. The topological polar surface area (TPSA) is 54.0 Å². The molecular weight excluding hydrogens is 333 g/mol. The fourth-order valence-corrected chi connectivity index (χ4v) is 2.62. The Morgan fingerprint density at radius 1 is 1.13 bits per heavy atom. The second-order valence-corrected chi connectivity index (χ2v) is 6.05. The highest BCUT2D eigenvalue weighted by atomic mass is 35.5. The van der Waals surface area contributed by atoms with Crippen molar-refractivity contribution in [3.63, 3.8) is 0 Å². The summed E-state index contributed by atoms with van der Waals surface area (Å²) < 4.78 is 0. The third-order valence-corrected chi connectivity index (χ3v) is 3.67. The van der Waals surface area contributed by atoms with Gasteiger partial charge in [0.1, 0.15) is 5.82 Å². The van der Waals surface area contributed by atoms with Crippen molar-refractivity contribution in [2.75, 3.05) is 17.2 Å². The van der Waals surface area contributed by atoms with Gasteiger partial charge >= 0.3 is 0 Å². The number of pyridine rings is 1. The summed E-state index contributed by atoms with van der Waals surface area (Å²) in [7, 11) is 0. The minimum atomic E-state index is -0.234. The first-order valence-electron chi connectivity index (χ1n) is 7.56. The number of hydrogen-bond donors (Lipinski definition) is 2. The number of unbranched alkanes of at least 4 members (excludes halogenated alkanes) is 2. The van der Waals surface area contributed by atoms with Crippen LogP contribution < -0.4 is 10.6 Å². The van der Waals surface area contributed by atoms with Crippen molar-refractivity contribution in [3.8, 4) is 0 Å². The van der Waals surface area contributed by atoms with Gasteiger partial charge < -0.3 is 10.6 Å². The van der Waals surface area contributed by atoms with Gasteiger partial charge in [0.2, 0.25) is 0 Å². The third kappa shape index (κ3) is 5.73. The van der Waals surface area contributed by atoms with E-state index in [-0.39, 0.29) is 5.91 Å². The molecule has 2 N–H and O–H groups in total. The van der Waals surface area contributed by atoms with Crippen LogP contribution in [0.2, 0.25) is 10.0 Å². The van der Waals surface area contributed by atoms with Crippen molar-refractivity contribution in [2.45, 2.75) is 26.2 Å². The normalized spacial score (nSPS) is 10.4. The lowest BCUT2D eigenvalue weighted by Crippen LogP contribution is -2.13. The molecule has 1 amide bonds. The Labute approximate surface area is 146 Å². The number of benzene rings is 1. The van der Waals surface area contributed by atoms with Gasteiger partial charge in [0.25, 0.3) is 5.91 Å². The van der Waals surface area contributed by atoms with Crippen LogP contribution >= 0.6 is 23.2 Å². The molecule has 6 heteroatoms. The van der Waals surface area contributed by atoms with E-state index < -0.39 is 0 Å². The summed E-state index contributed by atoms with van der Waals surface area (Å²) in [4.78, 5) is 16.5. The fourth-order valence-electron chi connectivity index (χ4n) is 2.09. The van der Waals surface area contributed by atoms with Crippen LogP contribution in [0.4, 0.5) is 11.5 Å². The smallest absolute Gasteiger partial charge is 0.255 e. The highest BCUT2D eigenvalue weighted by Crippen LogP contribution is 2.23. The highest BCUT2D eigenvalue weighted by Gasteiger charge is 2.08. The number of carbonyl (C=O) groups excluding carboxylic acids is 1. The monoisotopic (exact) mass is 351 g/mol. The highest BCUT2D eigenvalue weighted by molar-refractivity contribution is 6.35. The summed E-state index contributed by atoms with van der Waals surface area (Å²) in [5.74, 6) is 0.459. The van der Waals surface area contributed by atoms with E-state index in [2.05, 4.69) is 22.5 Å². The third-order valence-electron chi connectivity index (χ3n) is 3.23. The predicted molar refractivity (Wildman–Crippen MR) is 96.7 cm³/mol. The molecule has 0 fully saturated rings. The Bertz CT molecular complexity index is 656. The number of carbonyl (C=O) groups is 1. The van der Waals surface area contributed by atoms with E-state index in [4.69, 9.17) is 23.2 Å². The van der Waals surface area contributed by atoms with Gasteiger partial charge in [-0.25, -0.2) is 4.98 Å². The number of nitrogens with zero attached hydrogens (tertiary/aromatic N) is 1. The molecule has 0 unspecified atom stereocenters. The molecule has 2 rings (SSSR count). The van der Waals surface area contributed by atoms with E-state index in [0.29, 0.717) is 27.1 Å². The Hall–Kier alpha value is -1.78. The van der Waals surface area contributed by atoms with Crippen LogP contribution in [0.1, 0.15) is 36.5 Å². The van der Waals surface area contributed by atoms with Gasteiger partial charge in [-0.2, -0.15) is 0 Å². The predicted octanol–water partition coefficient (Wildman–Crippen LogP) is 5.24. The number of nitrogens with one attached hydrogen (secondary N) is 2.